The lowest BCUT2D eigenvalue weighted by atomic mass is 10.0. The van der Waals surface area contributed by atoms with Crippen LogP contribution >= 0.6 is 24.0 Å². The summed E-state index contributed by atoms with van der Waals surface area (Å²) < 4.78 is 6.00. The summed E-state index contributed by atoms with van der Waals surface area (Å²) >= 11 is 6.49. The van der Waals surface area contributed by atoms with Crippen LogP contribution in [-0.2, 0) is 14.4 Å². The normalized spacial score (nSPS) is 15.5. The Bertz CT molecular complexity index is 793. The average Bonchev–Trinajstić information content (AvgIpc) is 2.90. The van der Waals surface area contributed by atoms with Crippen molar-refractivity contribution in [3.05, 3.63) is 34.7 Å². The first kappa shape index (κ1) is 21.9. The number of unbranched alkanes of at least 4 members (excludes halogenated alkanes) is 1. The van der Waals surface area contributed by atoms with E-state index in [9.17, 15) is 14.4 Å². The highest BCUT2D eigenvalue weighted by molar-refractivity contribution is 8.26. The fourth-order valence-electron chi connectivity index (χ4n) is 2.69. The van der Waals surface area contributed by atoms with E-state index >= 15 is 0 Å². The van der Waals surface area contributed by atoms with E-state index in [-0.39, 0.29) is 12.3 Å². The lowest BCUT2D eigenvalue weighted by Gasteiger charge is -2.14. The number of hydrogen-bond donors (Lipinski definition) is 2. The molecule has 1 heterocycles. The second-order valence-electron chi connectivity index (χ2n) is 6.03. The maximum atomic E-state index is 12.7. The van der Waals surface area contributed by atoms with E-state index in [0.717, 1.165) is 5.56 Å². The summed E-state index contributed by atoms with van der Waals surface area (Å²) in [5.74, 6) is -3.66. The second kappa shape index (κ2) is 10.2. The second-order valence-corrected chi connectivity index (χ2v) is 7.70. The van der Waals surface area contributed by atoms with Crippen molar-refractivity contribution in [2.75, 3.05) is 13.2 Å². The molecule has 28 heavy (non-hydrogen) atoms. The third-order valence-electron chi connectivity index (χ3n) is 4.10. The Labute approximate surface area is 172 Å². The minimum atomic E-state index is -1.43. The molecule has 150 valence electrons. The van der Waals surface area contributed by atoms with Crippen LogP contribution in [0.5, 0.6) is 5.75 Å². The molecule has 2 rings (SSSR count). The molecule has 0 aromatic heterocycles. The van der Waals surface area contributed by atoms with E-state index < -0.39 is 17.9 Å². The van der Waals surface area contributed by atoms with Gasteiger partial charge < -0.3 is 14.9 Å². The fraction of sp³-hybridized carbons (Fsp3) is 0.368. The van der Waals surface area contributed by atoms with Gasteiger partial charge in [0.1, 0.15) is 10.1 Å². The zero-order valence-electron chi connectivity index (χ0n) is 15.3. The highest BCUT2D eigenvalue weighted by Gasteiger charge is 2.32. The van der Waals surface area contributed by atoms with Gasteiger partial charge in [0, 0.05) is 12.1 Å². The lowest BCUT2D eigenvalue weighted by Crippen LogP contribution is -2.29. The number of ether oxygens (including phenoxy) is 1. The maximum Gasteiger partial charge on any atom is 0.317 e. The molecular formula is C19H21NO6S2. The molecule has 1 aliphatic heterocycles. The molecule has 1 aromatic carbocycles. The van der Waals surface area contributed by atoms with Gasteiger partial charge >= 0.3 is 11.9 Å². The molecule has 0 spiro atoms. The Kier molecular flexibility index (Phi) is 8.01. The summed E-state index contributed by atoms with van der Waals surface area (Å²) in [5.41, 5.74) is 0.788. The molecule has 1 aliphatic rings. The van der Waals surface area contributed by atoms with E-state index in [2.05, 4.69) is 0 Å². The number of carboxylic acid groups (broad SMARTS) is 2. The highest BCUT2D eigenvalue weighted by Crippen LogP contribution is 2.34. The minimum absolute atomic E-state index is 0.0109. The third-order valence-corrected chi connectivity index (χ3v) is 5.48. The molecule has 0 radical (unpaired) electrons. The SMILES string of the molecule is CCOc1ccccc1C=C1SC(=S)N(CCCCC(C(=O)O)C(=O)O)C1=O. The Balaban J connectivity index is 1.98. The smallest absolute Gasteiger partial charge is 0.317 e. The van der Waals surface area contributed by atoms with Crippen molar-refractivity contribution in [3.8, 4) is 5.75 Å². The Morgan fingerprint density at radius 1 is 1.25 bits per heavy atom. The number of hydrogen-bond acceptors (Lipinski definition) is 6. The Hall–Kier alpha value is -2.39. The number of thiocarbonyl (C=S) groups is 1. The summed E-state index contributed by atoms with van der Waals surface area (Å²) in [5, 5.41) is 17.8. The first-order chi connectivity index (χ1) is 13.3. The van der Waals surface area contributed by atoms with E-state index in [0.29, 0.717) is 41.0 Å². The van der Waals surface area contributed by atoms with Gasteiger partial charge in [-0.1, -0.05) is 48.6 Å². The molecule has 1 amide bonds. The van der Waals surface area contributed by atoms with Crippen LogP contribution in [0.1, 0.15) is 31.7 Å². The lowest BCUT2D eigenvalue weighted by molar-refractivity contribution is -0.154. The first-order valence-corrected chi connectivity index (χ1v) is 10.0. The van der Waals surface area contributed by atoms with Crippen molar-refractivity contribution < 1.29 is 29.3 Å². The average molecular weight is 424 g/mol. The van der Waals surface area contributed by atoms with E-state index in [4.69, 9.17) is 27.2 Å². The van der Waals surface area contributed by atoms with Crippen LogP contribution in [-0.4, -0.2) is 50.4 Å². The van der Waals surface area contributed by atoms with Crippen molar-refractivity contribution >= 4 is 52.2 Å². The zero-order valence-corrected chi connectivity index (χ0v) is 16.9. The fourth-order valence-corrected chi connectivity index (χ4v) is 3.99. The number of carboxylic acids is 2. The summed E-state index contributed by atoms with van der Waals surface area (Å²) in [6, 6.07) is 7.40. The van der Waals surface area contributed by atoms with Crippen LogP contribution < -0.4 is 4.74 Å². The van der Waals surface area contributed by atoms with Crippen molar-refractivity contribution in [3.63, 3.8) is 0 Å². The molecule has 1 fully saturated rings. The molecule has 0 unspecified atom stereocenters. The molecule has 2 N–H and O–H groups in total. The van der Waals surface area contributed by atoms with Gasteiger partial charge in [-0.25, -0.2) is 0 Å². The molecule has 0 bridgehead atoms. The number of benzene rings is 1. The summed E-state index contributed by atoms with van der Waals surface area (Å²) in [7, 11) is 0. The monoisotopic (exact) mass is 423 g/mol. The van der Waals surface area contributed by atoms with Gasteiger partial charge in [-0.15, -0.1) is 0 Å². The van der Waals surface area contributed by atoms with Gasteiger partial charge in [-0.2, -0.15) is 0 Å². The van der Waals surface area contributed by atoms with Crippen molar-refractivity contribution in [2.45, 2.75) is 26.2 Å². The zero-order chi connectivity index (χ0) is 20.7. The number of rotatable bonds is 10. The molecule has 1 saturated heterocycles. The number of carbonyl (C=O) groups excluding carboxylic acids is 1. The first-order valence-electron chi connectivity index (χ1n) is 8.78. The van der Waals surface area contributed by atoms with Crippen molar-refractivity contribution in [1.82, 2.24) is 4.90 Å². The predicted octanol–water partition coefficient (Wildman–Crippen LogP) is 3.24. The molecular weight excluding hydrogens is 402 g/mol. The molecule has 7 nitrogen and oxygen atoms in total. The molecule has 0 aliphatic carbocycles. The topological polar surface area (TPSA) is 104 Å². The number of thioether (sulfide) groups is 1. The van der Waals surface area contributed by atoms with Crippen molar-refractivity contribution in [2.24, 2.45) is 5.92 Å². The van der Waals surface area contributed by atoms with E-state index in [1.54, 1.807) is 6.08 Å². The van der Waals surface area contributed by atoms with Crippen LogP contribution in [0.15, 0.2) is 29.2 Å². The van der Waals surface area contributed by atoms with Gasteiger partial charge in [-0.3, -0.25) is 19.3 Å². The van der Waals surface area contributed by atoms with Gasteiger partial charge in [0.2, 0.25) is 0 Å². The maximum absolute atomic E-state index is 12.7. The summed E-state index contributed by atoms with van der Waals surface area (Å²) in [6.07, 6.45) is 2.59. The number of nitrogens with zero attached hydrogens (tertiary/aromatic N) is 1. The van der Waals surface area contributed by atoms with Crippen LogP contribution in [0.2, 0.25) is 0 Å². The van der Waals surface area contributed by atoms with Crippen LogP contribution in [0, 0.1) is 5.92 Å². The quantitative estimate of drug-likeness (QED) is 0.256. The third kappa shape index (κ3) is 5.56. The molecule has 9 heteroatoms. The van der Waals surface area contributed by atoms with E-state index in [1.165, 1.54) is 16.7 Å². The number of amides is 1. The van der Waals surface area contributed by atoms with Crippen LogP contribution in [0.4, 0.5) is 0 Å². The summed E-state index contributed by atoms with van der Waals surface area (Å²) in [6.45, 7) is 2.72. The number of carbonyl (C=O) groups is 3. The summed E-state index contributed by atoms with van der Waals surface area (Å²) in [4.78, 5) is 36.4. The molecule has 0 saturated carbocycles. The molecule has 1 aromatic rings. The number of aliphatic carboxylic acids is 2. The largest absolute Gasteiger partial charge is 0.493 e. The van der Waals surface area contributed by atoms with Gasteiger partial charge in [0.05, 0.1) is 11.5 Å². The Morgan fingerprint density at radius 3 is 2.57 bits per heavy atom. The minimum Gasteiger partial charge on any atom is -0.493 e. The van der Waals surface area contributed by atoms with Gasteiger partial charge in [0.15, 0.2) is 5.92 Å². The molecule has 0 atom stereocenters. The van der Waals surface area contributed by atoms with Crippen LogP contribution in [0.25, 0.3) is 6.08 Å². The van der Waals surface area contributed by atoms with Crippen LogP contribution in [0.3, 0.4) is 0 Å². The predicted molar refractivity (Wildman–Crippen MR) is 110 cm³/mol. The van der Waals surface area contributed by atoms with Gasteiger partial charge in [-0.05, 0) is 31.9 Å². The van der Waals surface area contributed by atoms with Gasteiger partial charge in [0.25, 0.3) is 5.91 Å². The highest BCUT2D eigenvalue weighted by atomic mass is 32.2. The standard InChI is InChI=1S/C19H21NO6S2/c1-2-26-14-9-4-3-7-12(14)11-15-16(21)20(19(27)28-15)10-6-5-8-13(17(22)23)18(24)25/h3-4,7,9,11,13H,2,5-6,8,10H2,1H3,(H,22,23)(H,24,25). The van der Waals surface area contributed by atoms with Crippen molar-refractivity contribution in [1.29, 1.82) is 0 Å². The Morgan fingerprint density at radius 2 is 1.93 bits per heavy atom. The number of para-hydroxylation sites is 1. The van der Waals surface area contributed by atoms with E-state index in [1.807, 2.05) is 31.2 Å².